The van der Waals surface area contributed by atoms with Crippen LogP contribution >= 0.6 is 13.6 Å². The van der Waals surface area contributed by atoms with Gasteiger partial charge in [-0.25, -0.2) is 0 Å². The zero-order chi connectivity index (χ0) is 6.99. The van der Waals surface area contributed by atoms with E-state index in [0.717, 1.165) is 0 Å². The van der Waals surface area contributed by atoms with Crippen molar-refractivity contribution in [2.45, 2.75) is 13.2 Å². The molecule has 1 N–H and O–H groups in total. The van der Waals surface area contributed by atoms with E-state index in [9.17, 15) is 0 Å². The van der Waals surface area contributed by atoms with Gasteiger partial charge in [0.25, 0.3) is 0 Å². The van der Waals surface area contributed by atoms with E-state index in [4.69, 9.17) is 5.11 Å². The van der Waals surface area contributed by atoms with Crippen LogP contribution in [-0.2, 0) is 21.1 Å². The van der Waals surface area contributed by atoms with Gasteiger partial charge in [0, 0.05) is 12.9 Å². The van der Waals surface area contributed by atoms with Crippen molar-refractivity contribution in [2.75, 3.05) is 6.61 Å². The van der Waals surface area contributed by atoms with E-state index in [0.29, 0.717) is 6.61 Å². The summed E-state index contributed by atoms with van der Waals surface area (Å²) >= 11 is 4.25. The molecule has 4 heteroatoms. The quantitative estimate of drug-likeness (QED) is 0.439. The third-order valence-electron chi connectivity index (χ3n) is 0.359. The molecule has 2 nitrogen and oxygen atoms in total. The molecule has 8 heavy (non-hydrogen) atoms. The molecule has 0 amide bonds. The molecule has 0 saturated carbocycles. The molecular formula is C4H9BrO2Zn. The van der Waals surface area contributed by atoms with Crippen molar-refractivity contribution >= 4 is 13.6 Å². The van der Waals surface area contributed by atoms with Gasteiger partial charge in [-0.3, -0.25) is 6.92 Å². The maximum absolute atomic E-state index is 8.22. The van der Waals surface area contributed by atoms with E-state index in [-0.39, 0.29) is 0 Å². The van der Waals surface area contributed by atoms with Crippen molar-refractivity contribution in [3.8, 4) is 0 Å². The fourth-order valence-corrected chi connectivity index (χ4v) is 0.192. The Morgan fingerprint density at radius 2 is 2.25 bits per heavy atom. The fourth-order valence-electron chi connectivity index (χ4n) is 0.192. The predicted molar refractivity (Wildman–Crippen MR) is 31.9 cm³/mol. The molecule has 0 aromatic heterocycles. The van der Waals surface area contributed by atoms with Gasteiger partial charge < -0.3 is 9.84 Å². The van der Waals surface area contributed by atoms with Crippen molar-refractivity contribution in [3.63, 3.8) is 0 Å². The normalized spacial score (nSPS) is 11.8. The Balaban J connectivity index is 0. The number of hydrogen-bond acceptors (Lipinski definition) is 2. The second-order valence-corrected chi connectivity index (χ2v) is 0.910. The molecule has 0 bridgehead atoms. The van der Waals surface area contributed by atoms with Gasteiger partial charge in [0.05, 0.1) is 0 Å². The molecule has 0 aromatic rings. The summed E-state index contributed by atoms with van der Waals surface area (Å²) in [6.45, 7) is 5.48. The molecule has 0 spiro atoms. The summed E-state index contributed by atoms with van der Waals surface area (Å²) < 4.78 is 4.49. The zero-order valence-corrected chi connectivity index (χ0v) is 9.49. The molecule has 0 aliphatic heterocycles. The van der Waals surface area contributed by atoms with Gasteiger partial charge in [0.2, 0.25) is 0 Å². The molecule has 0 radical (unpaired) electrons. The van der Waals surface area contributed by atoms with Gasteiger partial charge in [-0.2, -0.15) is 0 Å². The van der Waals surface area contributed by atoms with Crippen LogP contribution in [0.4, 0.5) is 0 Å². The van der Waals surface area contributed by atoms with Crippen molar-refractivity contribution in [1.82, 2.24) is 0 Å². The second-order valence-electron chi connectivity index (χ2n) is 0.910. The molecular weight excluding hydrogens is 225 g/mol. The summed E-state index contributed by atoms with van der Waals surface area (Å²) in [7, 11) is 0. The summed E-state index contributed by atoms with van der Waals surface area (Å²) in [6.07, 6.45) is -0.852. The minimum absolute atomic E-state index is 0.519. The van der Waals surface area contributed by atoms with E-state index in [1.54, 1.807) is 6.92 Å². The van der Waals surface area contributed by atoms with Crippen LogP contribution in [0.3, 0.4) is 0 Å². The van der Waals surface area contributed by atoms with Crippen LogP contribution in [0, 0.1) is 6.92 Å². The van der Waals surface area contributed by atoms with Crippen LogP contribution in [0.25, 0.3) is 0 Å². The molecule has 0 saturated heterocycles. The van der Waals surface area contributed by atoms with Crippen LogP contribution < -0.4 is 0 Å². The second kappa shape index (κ2) is 10.9. The van der Waals surface area contributed by atoms with E-state index < -0.39 is 6.29 Å². The predicted octanol–water partition coefficient (Wildman–Crippen LogP) is 1.02. The number of aliphatic hydroxyl groups is 1. The van der Waals surface area contributed by atoms with Crippen molar-refractivity contribution in [2.24, 2.45) is 0 Å². The Morgan fingerprint density at radius 3 is 2.25 bits per heavy atom. The summed E-state index contributed by atoms with van der Waals surface area (Å²) in [4.78, 5) is 0. The molecule has 0 aliphatic carbocycles. The number of halogens is 1. The molecule has 0 fully saturated rings. The monoisotopic (exact) mass is 232 g/mol. The Labute approximate surface area is 66.6 Å². The molecule has 1 atom stereocenters. The van der Waals surface area contributed by atoms with E-state index in [1.807, 2.05) is 0 Å². The number of rotatable bonds is 2. The van der Waals surface area contributed by atoms with E-state index in [2.05, 4.69) is 25.3 Å². The van der Waals surface area contributed by atoms with Crippen LogP contribution in [0.1, 0.15) is 6.92 Å². The summed E-state index contributed by atoms with van der Waals surface area (Å²) in [5, 5.41) is 8.22. The Morgan fingerprint density at radius 1 is 1.88 bits per heavy atom. The number of ether oxygens (including phenoxy) is 1. The zero-order valence-electron chi connectivity index (χ0n) is 4.93. The first-order valence-corrected chi connectivity index (χ1v) is 9.11. The molecule has 0 aromatic carbocycles. The Hall–Kier alpha value is 1.02. The molecule has 46 valence electrons. The maximum atomic E-state index is 8.22. The van der Waals surface area contributed by atoms with Gasteiger partial charge >= 0.3 is 30.0 Å². The van der Waals surface area contributed by atoms with E-state index in [1.165, 1.54) is 16.3 Å². The first kappa shape index (κ1) is 11.8. The standard InChI is InChI=1S/C4H9O2.BrH.Zn/c1-3-6-4(2)5;;/h4-5H,2-3H2,1H3;1H;/q-1;;+2/p-1. The van der Waals surface area contributed by atoms with Crippen molar-refractivity contribution < 1.29 is 26.2 Å². The van der Waals surface area contributed by atoms with Gasteiger partial charge in [0.15, 0.2) is 0 Å². The molecule has 1 unspecified atom stereocenters. The van der Waals surface area contributed by atoms with E-state index >= 15 is 0 Å². The van der Waals surface area contributed by atoms with Crippen molar-refractivity contribution in [1.29, 1.82) is 0 Å². The fraction of sp³-hybridized carbons (Fsp3) is 0.750. The topological polar surface area (TPSA) is 29.5 Å². The number of hydrogen-bond donors (Lipinski definition) is 1. The minimum atomic E-state index is -0.852. The summed E-state index contributed by atoms with van der Waals surface area (Å²) in [5.74, 6) is 0. The van der Waals surface area contributed by atoms with Gasteiger partial charge in [-0.1, -0.05) is 0 Å². The third kappa shape index (κ3) is 15.7. The van der Waals surface area contributed by atoms with Crippen LogP contribution in [0.2, 0.25) is 0 Å². The first-order valence-electron chi connectivity index (χ1n) is 2.17. The van der Waals surface area contributed by atoms with Crippen LogP contribution in [0.5, 0.6) is 0 Å². The van der Waals surface area contributed by atoms with Gasteiger partial charge in [-0.05, 0) is 6.92 Å². The van der Waals surface area contributed by atoms with Crippen molar-refractivity contribution in [3.05, 3.63) is 6.92 Å². The first-order chi connectivity index (χ1) is 3.77. The van der Waals surface area contributed by atoms with Gasteiger partial charge in [-0.15, -0.1) is 0 Å². The third-order valence-corrected chi connectivity index (χ3v) is 0.359. The summed E-state index contributed by atoms with van der Waals surface area (Å²) in [6, 6.07) is 0. The SMILES string of the molecule is [CH2-]C(O)OCC.[Zn+][Br]. The number of aliphatic hydroxyl groups excluding tert-OH is 1. The van der Waals surface area contributed by atoms with Crippen LogP contribution in [-0.4, -0.2) is 18.0 Å². The Bertz CT molecular complexity index is 35.2. The molecule has 0 heterocycles. The molecule has 0 rings (SSSR count). The van der Waals surface area contributed by atoms with Gasteiger partial charge in [0.1, 0.15) is 0 Å². The average molecular weight is 234 g/mol. The van der Waals surface area contributed by atoms with Crippen LogP contribution in [0.15, 0.2) is 0 Å². The average Bonchev–Trinajstić information content (AvgIpc) is 1.72. The Kier molecular flexibility index (Phi) is 16.1. The molecule has 0 aliphatic rings. The summed E-state index contributed by atoms with van der Waals surface area (Å²) in [5.41, 5.74) is 0.